The van der Waals surface area contributed by atoms with Gasteiger partial charge in [-0.1, -0.05) is 36.4 Å². The van der Waals surface area contributed by atoms with Crippen LogP contribution in [0.3, 0.4) is 0 Å². The third kappa shape index (κ3) is 4.77. The average Bonchev–Trinajstić information content (AvgIpc) is 3.08. The van der Waals surface area contributed by atoms with Gasteiger partial charge in [0.1, 0.15) is 0 Å². The van der Waals surface area contributed by atoms with Gasteiger partial charge < -0.3 is 0 Å². The Hall–Kier alpha value is -2.60. The first-order chi connectivity index (χ1) is 10.2. The second kappa shape index (κ2) is 7.25. The highest BCUT2D eigenvalue weighted by Gasteiger charge is 2.12. The molecular weight excluding hydrogens is 286 g/mol. The molecular formula is C15H15N3O2S. The van der Waals surface area contributed by atoms with E-state index in [1.165, 1.54) is 0 Å². The first-order valence-corrected chi connectivity index (χ1v) is 7.73. The van der Waals surface area contributed by atoms with E-state index in [4.69, 9.17) is 0 Å². The van der Waals surface area contributed by atoms with Crippen LogP contribution in [0.1, 0.15) is 0 Å². The summed E-state index contributed by atoms with van der Waals surface area (Å²) in [5.74, 6) is 0. The van der Waals surface area contributed by atoms with E-state index in [0.717, 1.165) is 0 Å². The predicted molar refractivity (Wildman–Crippen MR) is 82.3 cm³/mol. The minimum Gasteiger partial charge on any atom is -0.286 e. The molecule has 2 N–H and O–H groups in total. The Morgan fingerprint density at radius 3 is 1.95 bits per heavy atom. The van der Waals surface area contributed by atoms with Gasteiger partial charge in [-0.15, -0.1) is 0 Å². The Kier molecular flexibility index (Phi) is 5.11. The predicted octanol–water partition coefficient (Wildman–Crippen LogP) is 2.90. The fourth-order valence-electron chi connectivity index (χ4n) is 1.54. The summed E-state index contributed by atoms with van der Waals surface area (Å²) in [7, 11) is -3.46. The summed E-state index contributed by atoms with van der Waals surface area (Å²) in [5, 5.41) is 6.21. The van der Waals surface area contributed by atoms with Gasteiger partial charge in [0.25, 0.3) is 10.0 Å². The van der Waals surface area contributed by atoms with Crippen molar-refractivity contribution in [2.45, 2.75) is 4.90 Å². The molecule has 1 heterocycles. The fourth-order valence-corrected chi connectivity index (χ4v) is 2.61. The van der Waals surface area contributed by atoms with Crippen LogP contribution in [0.2, 0.25) is 0 Å². The number of para-hydroxylation sites is 1. The fraction of sp³-hybridized carbons (Fsp3) is 0. The van der Waals surface area contributed by atoms with Crippen LogP contribution >= 0.6 is 0 Å². The van der Waals surface area contributed by atoms with Crippen LogP contribution in [0, 0.1) is 0 Å². The molecule has 0 radical (unpaired) electrons. The summed E-state index contributed by atoms with van der Waals surface area (Å²) >= 11 is 0. The van der Waals surface area contributed by atoms with Gasteiger partial charge in [-0.05, 0) is 30.3 Å². The Bertz CT molecular complexity index is 710. The summed E-state index contributed by atoms with van der Waals surface area (Å²) < 4.78 is 26.3. The van der Waals surface area contributed by atoms with E-state index in [-0.39, 0.29) is 4.90 Å². The molecule has 6 heteroatoms. The highest BCUT2D eigenvalue weighted by molar-refractivity contribution is 7.92. The highest BCUT2D eigenvalue weighted by Crippen LogP contribution is 2.14. The number of nitrogens with zero attached hydrogens (tertiary/aromatic N) is 1. The quantitative estimate of drug-likeness (QED) is 0.781. The molecule has 2 aromatic carbocycles. The van der Waals surface area contributed by atoms with Crippen molar-refractivity contribution in [1.29, 1.82) is 0 Å². The van der Waals surface area contributed by atoms with Crippen LogP contribution in [-0.4, -0.2) is 18.6 Å². The number of hydrogen-bond donors (Lipinski definition) is 2. The first-order valence-electron chi connectivity index (χ1n) is 6.25. The molecule has 0 unspecified atom stereocenters. The van der Waals surface area contributed by atoms with Crippen molar-refractivity contribution in [2.24, 2.45) is 0 Å². The number of nitrogens with one attached hydrogen (secondary N) is 2. The molecule has 0 aliphatic carbocycles. The molecule has 0 spiro atoms. The van der Waals surface area contributed by atoms with Crippen LogP contribution in [0.4, 0.5) is 5.69 Å². The van der Waals surface area contributed by atoms with Crippen LogP contribution in [0.15, 0.2) is 84.0 Å². The third-order valence-corrected chi connectivity index (χ3v) is 3.88. The summed E-state index contributed by atoms with van der Waals surface area (Å²) in [4.78, 5) is 0.263. The molecule has 1 aromatic heterocycles. The van der Waals surface area contributed by atoms with Crippen molar-refractivity contribution >= 4 is 15.7 Å². The van der Waals surface area contributed by atoms with Crippen LogP contribution in [0.5, 0.6) is 0 Å². The number of rotatable bonds is 3. The molecule has 3 rings (SSSR count). The van der Waals surface area contributed by atoms with Crippen molar-refractivity contribution in [3.05, 3.63) is 79.1 Å². The van der Waals surface area contributed by atoms with Crippen molar-refractivity contribution in [3.8, 4) is 0 Å². The zero-order chi connectivity index (χ0) is 15.0. The summed E-state index contributed by atoms with van der Waals surface area (Å²) in [5.41, 5.74) is 0.561. The molecule has 0 saturated carbocycles. The highest BCUT2D eigenvalue weighted by atomic mass is 32.2. The van der Waals surface area contributed by atoms with E-state index in [1.807, 2.05) is 12.1 Å². The summed E-state index contributed by atoms with van der Waals surface area (Å²) in [6.45, 7) is 0. The lowest BCUT2D eigenvalue weighted by atomic mass is 10.3. The van der Waals surface area contributed by atoms with Crippen molar-refractivity contribution < 1.29 is 8.42 Å². The van der Waals surface area contributed by atoms with Crippen LogP contribution < -0.4 is 4.72 Å². The van der Waals surface area contributed by atoms with E-state index in [2.05, 4.69) is 14.9 Å². The van der Waals surface area contributed by atoms with Crippen molar-refractivity contribution in [3.63, 3.8) is 0 Å². The van der Waals surface area contributed by atoms with Crippen molar-refractivity contribution in [2.75, 3.05) is 4.72 Å². The second-order valence-corrected chi connectivity index (χ2v) is 5.73. The van der Waals surface area contributed by atoms with Gasteiger partial charge in [0, 0.05) is 18.1 Å². The summed E-state index contributed by atoms with van der Waals surface area (Å²) in [6, 6.07) is 18.9. The lowest BCUT2D eigenvalue weighted by Crippen LogP contribution is -2.12. The number of hydrogen-bond acceptors (Lipinski definition) is 3. The maximum absolute atomic E-state index is 11.9. The number of anilines is 1. The molecule has 0 atom stereocenters. The Labute approximate surface area is 123 Å². The standard InChI is InChI=1S/C12H11NO2S.C3H4N2/c14-16(15,12-9-5-2-6-10-12)13-11-7-3-1-4-8-11;1-2-4-5-3-1/h1-10,13H;1-3H,(H,4,5). The first kappa shape index (κ1) is 14.8. The minimum atomic E-state index is -3.46. The molecule has 5 nitrogen and oxygen atoms in total. The molecule has 0 bridgehead atoms. The smallest absolute Gasteiger partial charge is 0.261 e. The zero-order valence-corrected chi connectivity index (χ0v) is 12.0. The number of benzene rings is 2. The van der Waals surface area contributed by atoms with Gasteiger partial charge in [0.05, 0.1) is 4.90 Å². The van der Waals surface area contributed by atoms with E-state index >= 15 is 0 Å². The SMILES string of the molecule is O=S(=O)(Nc1ccccc1)c1ccccc1.c1cn[nH]c1. The van der Waals surface area contributed by atoms with Crippen LogP contribution in [-0.2, 0) is 10.0 Å². The maximum atomic E-state index is 11.9. The monoisotopic (exact) mass is 301 g/mol. The minimum absolute atomic E-state index is 0.263. The lowest BCUT2D eigenvalue weighted by molar-refractivity contribution is 0.601. The lowest BCUT2D eigenvalue weighted by Gasteiger charge is -2.07. The van der Waals surface area contributed by atoms with E-state index in [1.54, 1.807) is 67.0 Å². The third-order valence-electron chi connectivity index (χ3n) is 2.49. The number of H-pyrrole nitrogens is 1. The van der Waals surface area contributed by atoms with E-state index < -0.39 is 10.0 Å². The molecule has 0 aliphatic rings. The normalized spacial score (nSPS) is 10.3. The van der Waals surface area contributed by atoms with Gasteiger partial charge in [-0.3, -0.25) is 9.82 Å². The Morgan fingerprint density at radius 2 is 1.48 bits per heavy atom. The number of aromatic amines is 1. The number of aromatic nitrogens is 2. The van der Waals surface area contributed by atoms with Gasteiger partial charge in [0.15, 0.2) is 0 Å². The topological polar surface area (TPSA) is 74.8 Å². The molecule has 21 heavy (non-hydrogen) atoms. The Morgan fingerprint density at radius 1 is 0.857 bits per heavy atom. The molecule has 0 fully saturated rings. The summed E-state index contributed by atoms with van der Waals surface area (Å²) in [6.07, 6.45) is 3.46. The maximum Gasteiger partial charge on any atom is 0.261 e. The van der Waals surface area contributed by atoms with E-state index in [0.29, 0.717) is 5.69 Å². The Balaban J connectivity index is 0.000000272. The van der Waals surface area contributed by atoms with Gasteiger partial charge in [0.2, 0.25) is 0 Å². The molecule has 0 aliphatic heterocycles. The van der Waals surface area contributed by atoms with E-state index in [9.17, 15) is 8.42 Å². The molecule has 108 valence electrons. The molecule has 0 saturated heterocycles. The second-order valence-electron chi connectivity index (χ2n) is 4.05. The zero-order valence-electron chi connectivity index (χ0n) is 11.2. The van der Waals surface area contributed by atoms with Gasteiger partial charge >= 0.3 is 0 Å². The molecule has 3 aromatic rings. The largest absolute Gasteiger partial charge is 0.286 e. The average molecular weight is 301 g/mol. The van der Waals surface area contributed by atoms with Gasteiger partial charge in [-0.25, -0.2) is 8.42 Å². The van der Waals surface area contributed by atoms with Gasteiger partial charge in [-0.2, -0.15) is 5.10 Å². The number of sulfonamides is 1. The van der Waals surface area contributed by atoms with Crippen molar-refractivity contribution in [1.82, 2.24) is 10.2 Å². The van der Waals surface area contributed by atoms with Crippen LogP contribution in [0.25, 0.3) is 0 Å². The molecule has 0 amide bonds.